The van der Waals surface area contributed by atoms with Crippen LogP contribution in [-0.4, -0.2) is 31.4 Å². The summed E-state index contributed by atoms with van der Waals surface area (Å²) in [5.41, 5.74) is 0.479. The zero-order valence-electron chi connectivity index (χ0n) is 10.7. The summed E-state index contributed by atoms with van der Waals surface area (Å²) in [6.07, 6.45) is 0. The van der Waals surface area contributed by atoms with Crippen molar-refractivity contribution in [3.05, 3.63) is 28.2 Å². The molecule has 0 spiro atoms. The fourth-order valence-electron chi connectivity index (χ4n) is 1.36. The van der Waals surface area contributed by atoms with E-state index in [0.717, 1.165) is 0 Å². The Morgan fingerprint density at radius 1 is 1.45 bits per heavy atom. The quantitative estimate of drug-likeness (QED) is 0.872. The molecule has 2 rings (SSSR count). The van der Waals surface area contributed by atoms with Crippen LogP contribution in [0.1, 0.15) is 6.92 Å². The highest BCUT2D eigenvalue weighted by molar-refractivity contribution is 8.00. The van der Waals surface area contributed by atoms with Gasteiger partial charge < -0.3 is 5.32 Å². The highest BCUT2D eigenvalue weighted by Crippen LogP contribution is 2.27. The van der Waals surface area contributed by atoms with Crippen LogP contribution in [0, 0.1) is 0 Å². The molecule has 0 radical (unpaired) electrons. The van der Waals surface area contributed by atoms with Crippen LogP contribution in [0.2, 0.25) is 10.0 Å². The molecule has 0 fully saturated rings. The van der Waals surface area contributed by atoms with Crippen LogP contribution in [0.4, 0.5) is 5.69 Å². The number of anilines is 1. The second-order valence-corrected chi connectivity index (χ2v) is 6.11. The molecule has 9 heteroatoms. The normalized spacial score (nSPS) is 12.2. The number of carbonyl (C=O) groups excluding carboxylic acids is 1. The number of aromatic nitrogens is 4. The maximum absolute atomic E-state index is 12.1. The van der Waals surface area contributed by atoms with Crippen LogP contribution in [0.5, 0.6) is 0 Å². The van der Waals surface area contributed by atoms with E-state index in [1.54, 1.807) is 32.2 Å². The molecule has 1 atom stereocenters. The molecule has 0 saturated heterocycles. The van der Waals surface area contributed by atoms with Gasteiger partial charge in [-0.15, -0.1) is 5.10 Å². The number of tetrazole rings is 1. The van der Waals surface area contributed by atoms with Gasteiger partial charge in [0.15, 0.2) is 0 Å². The second-order valence-electron chi connectivity index (χ2n) is 3.96. The zero-order valence-corrected chi connectivity index (χ0v) is 13.0. The molecule has 2 aromatic rings. The molecule has 1 heterocycles. The predicted octanol–water partition coefficient (Wildman–Crippen LogP) is 2.64. The van der Waals surface area contributed by atoms with Crippen molar-refractivity contribution < 1.29 is 4.79 Å². The Balaban J connectivity index is 2.04. The Morgan fingerprint density at radius 3 is 2.85 bits per heavy atom. The fourth-order valence-corrected chi connectivity index (χ4v) is 2.45. The highest BCUT2D eigenvalue weighted by atomic mass is 35.5. The number of halogens is 2. The van der Waals surface area contributed by atoms with Gasteiger partial charge in [-0.2, -0.15) is 0 Å². The summed E-state index contributed by atoms with van der Waals surface area (Å²) in [6.45, 7) is 1.76. The lowest BCUT2D eigenvalue weighted by atomic mass is 10.3. The first-order valence-electron chi connectivity index (χ1n) is 5.62. The number of amides is 1. The van der Waals surface area contributed by atoms with Crippen molar-refractivity contribution in [2.45, 2.75) is 17.3 Å². The Labute approximate surface area is 129 Å². The molecule has 20 heavy (non-hydrogen) atoms. The molecular weight excluding hydrogens is 321 g/mol. The summed E-state index contributed by atoms with van der Waals surface area (Å²) in [7, 11) is 1.71. The minimum Gasteiger partial charge on any atom is -0.324 e. The fraction of sp³-hybridized carbons (Fsp3) is 0.273. The Kier molecular flexibility index (Phi) is 4.85. The van der Waals surface area contributed by atoms with Gasteiger partial charge in [0, 0.05) is 12.1 Å². The lowest BCUT2D eigenvalue weighted by Crippen LogP contribution is -2.23. The monoisotopic (exact) mass is 331 g/mol. The van der Waals surface area contributed by atoms with Crippen molar-refractivity contribution in [1.29, 1.82) is 0 Å². The Hall–Kier alpha value is -1.31. The molecule has 1 aromatic heterocycles. The largest absolute Gasteiger partial charge is 0.324 e. The number of aryl methyl sites for hydroxylation is 1. The molecule has 0 aliphatic heterocycles. The molecule has 0 aliphatic rings. The van der Waals surface area contributed by atoms with Crippen molar-refractivity contribution in [1.82, 2.24) is 20.2 Å². The van der Waals surface area contributed by atoms with E-state index in [0.29, 0.717) is 20.9 Å². The number of hydrogen-bond acceptors (Lipinski definition) is 5. The average Bonchev–Trinajstić information content (AvgIpc) is 2.79. The van der Waals surface area contributed by atoms with Crippen molar-refractivity contribution in [2.24, 2.45) is 7.05 Å². The maximum Gasteiger partial charge on any atom is 0.237 e. The van der Waals surface area contributed by atoms with Crippen LogP contribution in [0.25, 0.3) is 0 Å². The van der Waals surface area contributed by atoms with Crippen LogP contribution in [0.15, 0.2) is 23.4 Å². The van der Waals surface area contributed by atoms with E-state index in [1.807, 2.05) is 0 Å². The van der Waals surface area contributed by atoms with Gasteiger partial charge in [0.05, 0.1) is 16.0 Å². The number of rotatable bonds is 4. The molecule has 6 nitrogen and oxygen atoms in total. The van der Waals surface area contributed by atoms with Crippen LogP contribution in [0.3, 0.4) is 0 Å². The van der Waals surface area contributed by atoms with Crippen molar-refractivity contribution in [3.8, 4) is 0 Å². The summed E-state index contributed by atoms with van der Waals surface area (Å²) in [4.78, 5) is 12.1. The third kappa shape index (κ3) is 3.62. The minimum absolute atomic E-state index is 0.206. The van der Waals surface area contributed by atoms with E-state index in [-0.39, 0.29) is 11.2 Å². The lowest BCUT2D eigenvalue weighted by molar-refractivity contribution is -0.115. The van der Waals surface area contributed by atoms with Gasteiger partial charge in [0.1, 0.15) is 0 Å². The van der Waals surface area contributed by atoms with Gasteiger partial charge in [-0.3, -0.25) is 4.79 Å². The molecule has 1 aromatic carbocycles. The highest BCUT2D eigenvalue weighted by Gasteiger charge is 2.18. The van der Waals surface area contributed by atoms with E-state index >= 15 is 0 Å². The van der Waals surface area contributed by atoms with E-state index in [1.165, 1.54) is 16.4 Å². The minimum atomic E-state index is -0.380. The second kappa shape index (κ2) is 6.43. The standard InChI is InChI=1S/C11H11Cl2N5OS/c1-6(20-11-15-16-17-18(11)2)10(19)14-9-5-7(12)3-4-8(9)13/h3-6H,1-2H3,(H,14,19)/t6-/m1/s1. The third-order valence-electron chi connectivity index (χ3n) is 2.42. The first-order valence-corrected chi connectivity index (χ1v) is 7.26. The predicted molar refractivity (Wildman–Crippen MR) is 79.2 cm³/mol. The van der Waals surface area contributed by atoms with E-state index in [2.05, 4.69) is 20.8 Å². The topological polar surface area (TPSA) is 72.7 Å². The molecule has 1 amide bonds. The smallest absolute Gasteiger partial charge is 0.237 e. The van der Waals surface area contributed by atoms with Crippen LogP contribution < -0.4 is 5.32 Å². The van der Waals surface area contributed by atoms with Crippen LogP contribution >= 0.6 is 35.0 Å². The third-order valence-corrected chi connectivity index (χ3v) is 4.11. The van der Waals surface area contributed by atoms with Gasteiger partial charge in [-0.25, -0.2) is 4.68 Å². The average molecular weight is 332 g/mol. The van der Waals surface area contributed by atoms with Crippen molar-refractivity contribution >= 4 is 46.6 Å². The zero-order chi connectivity index (χ0) is 14.7. The van der Waals surface area contributed by atoms with E-state index < -0.39 is 0 Å². The summed E-state index contributed by atoms with van der Waals surface area (Å²) in [5, 5.41) is 14.9. The van der Waals surface area contributed by atoms with Gasteiger partial charge in [-0.05, 0) is 35.5 Å². The lowest BCUT2D eigenvalue weighted by Gasteiger charge is -2.12. The first-order chi connectivity index (χ1) is 9.47. The van der Waals surface area contributed by atoms with Gasteiger partial charge >= 0.3 is 0 Å². The summed E-state index contributed by atoms with van der Waals surface area (Å²) in [5.74, 6) is -0.206. The van der Waals surface area contributed by atoms with Crippen LogP contribution in [-0.2, 0) is 11.8 Å². The van der Waals surface area contributed by atoms with Crippen molar-refractivity contribution in [3.63, 3.8) is 0 Å². The summed E-state index contributed by atoms with van der Waals surface area (Å²) < 4.78 is 1.50. The number of carbonyl (C=O) groups is 1. The maximum atomic E-state index is 12.1. The number of benzene rings is 1. The number of nitrogens with zero attached hydrogens (tertiary/aromatic N) is 4. The molecule has 106 valence electrons. The van der Waals surface area contributed by atoms with Gasteiger partial charge in [0.25, 0.3) is 0 Å². The summed E-state index contributed by atoms with van der Waals surface area (Å²) >= 11 is 13.1. The van der Waals surface area contributed by atoms with Gasteiger partial charge in [0.2, 0.25) is 11.1 Å². The number of nitrogens with one attached hydrogen (secondary N) is 1. The molecular formula is C11H11Cl2N5OS. The molecule has 0 saturated carbocycles. The number of hydrogen-bond donors (Lipinski definition) is 1. The molecule has 0 bridgehead atoms. The first kappa shape index (κ1) is 15.1. The Morgan fingerprint density at radius 2 is 2.20 bits per heavy atom. The molecule has 1 N–H and O–H groups in total. The van der Waals surface area contributed by atoms with Crippen molar-refractivity contribution in [2.75, 3.05) is 5.32 Å². The molecule has 0 aliphatic carbocycles. The molecule has 0 unspecified atom stereocenters. The van der Waals surface area contributed by atoms with Gasteiger partial charge in [-0.1, -0.05) is 35.0 Å². The van der Waals surface area contributed by atoms with E-state index in [9.17, 15) is 4.79 Å². The SMILES string of the molecule is C[C@@H](Sc1nnnn1C)C(=O)Nc1cc(Cl)ccc1Cl. The van der Waals surface area contributed by atoms with E-state index in [4.69, 9.17) is 23.2 Å². The Bertz CT molecular complexity index is 633. The number of thioether (sulfide) groups is 1. The summed E-state index contributed by atoms with van der Waals surface area (Å²) in [6, 6.07) is 4.88.